The van der Waals surface area contributed by atoms with Gasteiger partial charge in [0, 0.05) is 13.7 Å². The Morgan fingerprint density at radius 2 is 2.10 bits per heavy atom. The van der Waals surface area contributed by atoms with E-state index >= 15 is 0 Å². The number of aliphatic hydroxyl groups excluding tert-OH is 1. The van der Waals surface area contributed by atoms with Gasteiger partial charge < -0.3 is 14.9 Å². The number of aryl methyl sites for hydroxylation is 1. The molecule has 1 unspecified atom stereocenters. The Bertz CT molecular complexity index is 599. The maximum absolute atomic E-state index is 12.2. The van der Waals surface area contributed by atoms with Gasteiger partial charge in [-0.3, -0.25) is 0 Å². The molecule has 0 saturated heterocycles. The molecule has 0 saturated carbocycles. The highest BCUT2D eigenvalue weighted by Gasteiger charge is 2.19. The van der Waals surface area contributed by atoms with Gasteiger partial charge in [-0.1, -0.05) is 6.07 Å². The van der Waals surface area contributed by atoms with Crippen molar-refractivity contribution >= 4 is 16.0 Å². The minimum atomic E-state index is -3.82. The lowest BCUT2D eigenvalue weighted by Gasteiger charge is -2.12. The van der Waals surface area contributed by atoms with E-state index in [1.165, 1.54) is 19.2 Å². The smallest absolute Gasteiger partial charge is 0.335 e. The summed E-state index contributed by atoms with van der Waals surface area (Å²) >= 11 is 0. The highest BCUT2D eigenvalue weighted by molar-refractivity contribution is 7.89. The summed E-state index contributed by atoms with van der Waals surface area (Å²) in [7, 11) is -2.38. The molecule has 1 rings (SSSR count). The van der Waals surface area contributed by atoms with Gasteiger partial charge in [-0.15, -0.1) is 0 Å². The largest absolute Gasteiger partial charge is 0.478 e. The molecular weight excluding hydrogens is 298 g/mol. The van der Waals surface area contributed by atoms with Gasteiger partial charge in [0.05, 0.1) is 23.2 Å². The molecule has 0 bridgehead atoms. The van der Waals surface area contributed by atoms with E-state index in [0.29, 0.717) is 5.56 Å². The van der Waals surface area contributed by atoms with Crippen molar-refractivity contribution in [3.63, 3.8) is 0 Å². The van der Waals surface area contributed by atoms with Gasteiger partial charge in [-0.25, -0.2) is 17.9 Å². The maximum Gasteiger partial charge on any atom is 0.335 e. The second kappa shape index (κ2) is 7.51. The van der Waals surface area contributed by atoms with Crippen LogP contribution in [0.4, 0.5) is 0 Å². The highest BCUT2D eigenvalue weighted by atomic mass is 32.2. The fourth-order valence-electron chi connectivity index (χ4n) is 1.74. The Hall–Kier alpha value is -1.48. The van der Waals surface area contributed by atoms with Crippen LogP contribution in [0.15, 0.2) is 23.1 Å². The third kappa shape index (κ3) is 5.09. The molecule has 3 N–H and O–H groups in total. The highest BCUT2D eigenvalue weighted by Crippen LogP contribution is 2.17. The summed E-state index contributed by atoms with van der Waals surface area (Å²) < 4.78 is 31.4. The van der Waals surface area contributed by atoms with Crippen molar-refractivity contribution in [3.8, 4) is 0 Å². The molecule has 0 amide bonds. The van der Waals surface area contributed by atoms with Crippen molar-refractivity contribution in [1.29, 1.82) is 0 Å². The number of aromatic carboxylic acids is 1. The van der Waals surface area contributed by atoms with Gasteiger partial charge in [0.15, 0.2) is 0 Å². The molecule has 0 aromatic heterocycles. The number of nitrogens with one attached hydrogen (secondary N) is 1. The first kappa shape index (κ1) is 17.6. The van der Waals surface area contributed by atoms with E-state index in [0.717, 1.165) is 6.07 Å². The van der Waals surface area contributed by atoms with Gasteiger partial charge in [0.2, 0.25) is 10.0 Å². The van der Waals surface area contributed by atoms with Crippen molar-refractivity contribution < 1.29 is 28.2 Å². The number of carboxylic acids is 1. The normalized spacial score (nSPS) is 13.1. The lowest BCUT2D eigenvalue weighted by molar-refractivity contribution is 0.0603. The van der Waals surface area contributed by atoms with Crippen molar-refractivity contribution in [3.05, 3.63) is 29.3 Å². The van der Waals surface area contributed by atoms with Gasteiger partial charge in [-0.05, 0) is 31.0 Å². The zero-order valence-electron chi connectivity index (χ0n) is 11.9. The molecule has 0 aliphatic heterocycles. The van der Waals surface area contributed by atoms with Crippen LogP contribution in [0.5, 0.6) is 0 Å². The van der Waals surface area contributed by atoms with Gasteiger partial charge in [0.1, 0.15) is 0 Å². The van der Waals surface area contributed by atoms with Gasteiger partial charge in [0.25, 0.3) is 0 Å². The van der Waals surface area contributed by atoms with E-state index in [1.807, 2.05) is 0 Å². The van der Waals surface area contributed by atoms with E-state index in [9.17, 15) is 18.3 Å². The van der Waals surface area contributed by atoms with E-state index in [1.54, 1.807) is 6.92 Å². The molecule has 0 spiro atoms. The zero-order chi connectivity index (χ0) is 16.0. The molecule has 21 heavy (non-hydrogen) atoms. The van der Waals surface area contributed by atoms with Crippen LogP contribution in [0, 0.1) is 6.92 Å². The third-order valence-electron chi connectivity index (χ3n) is 2.85. The van der Waals surface area contributed by atoms with E-state index in [4.69, 9.17) is 9.84 Å². The fraction of sp³-hybridized carbons (Fsp3) is 0.462. The predicted octanol–water partition coefficient (Wildman–Crippen LogP) is 0.369. The second-order valence-corrected chi connectivity index (χ2v) is 6.32. The molecule has 1 aromatic carbocycles. The van der Waals surface area contributed by atoms with E-state index < -0.39 is 22.1 Å². The van der Waals surface area contributed by atoms with Crippen molar-refractivity contribution in [1.82, 2.24) is 4.72 Å². The number of carbonyl (C=O) groups is 1. The number of hydrogen-bond acceptors (Lipinski definition) is 5. The first-order chi connectivity index (χ1) is 9.77. The number of sulfonamides is 1. The van der Waals surface area contributed by atoms with Crippen LogP contribution < -0.4 is 4.72 Å². The van der Waals surface area contributed by atoms with Crippen molar-refractivity contribution in [2.75, 3.05) is 20.3 Å². The number of methoxy groups -OCH3 is 1. The molecule has 1 atom stereocenters. The Labute approximate surface area is 123 Å². The number of rotatable bonds is 8. The minimum absolute atomic E-state index is 0.0313. The summed E-state index contributed by atoms with van der Waals surface area (Å²) in [5.74, 6) is -1.19. The Kier molecular flexibility index (Phi) is 6.28. The Morgan fingerprint density at radius 1 is 1.43 bits per heavy atom. The minimum Gasteiger partial charge on any atom is -0.478 e. The first-order valence-electron chi connectivity index (χ1n) is 6.28. The summed E-state index contributed by atoms with van der Waals surface area (Å²) in [6.45, 7) is 1.73. The first-order valence-corrected chi connectivity index (χ1v) is 7.77. The van der Waals surface area contributed by atoms with Crippen LogP contribution in [0.25, 0.3) is 0 Å². The summed E-state index contributed by atoms with van der Waals surface area (Å²) in [6.07, 6.45) is -0.561. The lowest BCUT2D eigenvalue weighted by atomic mass is 10.1. The Morgan fingerprint density at radius 3 is 2.67 bits per heavy atom. The summed E-state index contributed by atoms with van der Waals surface area (Å²) in [5.41, 5.74) is 0.352. The molecule has 0 aliphatic carbocycles. The standard InChI is InChI=1S/C13H19NO6S/c1-9-3-4-10(13(16)17)7-12(9)21(18,19)14-6-5-11(15)8-20-2/h3-4,7,11,14-15H,5-6,8H2,1-2H3,(H,16,17). The van der Waals surface area contributed by atoms with E-state index in [2.05, 4.69) is 4.72 Å². The van der Waals surface area contributed by atoms with Crippen LogP contribution >= 0.6 is 0 Å². The SMILES string of the molecule is COCC(O)CCNS(=O)(=O)c1cc(C(=O)O)ccc1C. The van der Waals surface area contributed by atoms with Crippen LogP contribution in [-0.4, -0.2) is 51.0 Å². The van der Waals surface area contributed by atoms with Crippen molar-refractivity contribution in [2.45, 2.75) is 24.3 Å². The molecule has 118 valence electrons. The third-order valence-corrected chi connectivity index (χ3v) is 4.46. The molecule has 0 aliphatic rings. The maximum atomic E-state index is 12.2. The Balaban J connectivity index is 2.83. The number of benzene rings is 1. The quantitative estimate of drug-likeness (QED) is 0.638. The fourth-order valence-corrected chi connectivity index (χ4v) is 3.05. The number of ether oxygens (including phenoxy) is 1. The average Bonchev–Trinajstić information content (AvgIpc) is 2.38. The second-order valence-electron chi connectivity index (χ2n) is 4.58. The number of aliphatic hydroxyl groups is 1. The van der Waals surface area contributed by atoms with Crippen molar-refractivity contribution in [2.24, 2.45) is 0 Å². The number of carboxylic acid groups (broad SMARTS) is 1. The molecule has 1 aromatic rings. The average molecular weight is 317 g/mol. The lowest BCUT2D eigenvalue weighted by Crippen LogP contribution is -2.29. The summed E-state index contributed by atoms with van der Waals surface area (Å²) in [4.78, 5) is 10.8. The van der Waals surface area contributed by atoms with Crippen LogP contribution in [0.3, 0.4) is 0 Å². The molecule has 7 nitrogen and oxygen atoms in total. The monoisotopic (exact) mass is 317 g/mol. The summed E-state index contributed by atoms with van der Waals surface area (Å²) in [6, 6.07) is 3.91. The molecular formula is C13H19NO6S. The topological polar surface area (TPSA) is 113 Å². The zero-order valence-corrected chi connectivity index (χ0v) is 12.7. The molecule has 0 heterocycles. The number of hydrogen-bond donors (Lipinski definition) is 3. The van der Waals surface area contributed by atoms with E-state index in [-0.39, 0.29) is 30.0 Å². The van der Waals surface area contributed by atoms with Crippen LogP contribution in [0.2, 0.25) is 0 Å². The van der Waals surface area contributed by atoms with Crippen LogP contribution in [-0.2, 0) is 14.8 Å². The van der Waals surface area contributed by atoms with Crippen LogP contribution in [0.1, 0.15) is 22.3 Å². The predicted molar refractivity (Wildman–Crippen MR) is 75.8 cm³/mol. The van der Waals surface area contributed by atoms with Gasteiger partial charge in [-0.2, -0.15) is 0 Å². The molecule has 8 heteroatoms. The van der Waals surface area contributed by atoms with Gasteiger partial charge >= 0.3 is 5.97 Å². The molecule has 0 radical (unpaired) electrons. The molecule has 0 fully saturated rings. The summed E-state index contributed by atoms with van der Waals surface area (Å²) in [5, 5.41) is 18.4.